The Bertz CT molecular complexity index is 756. The van der Waals surface area contributed by atoms with Gasteiger partial charge in [-0.3, -0.25) is 4.68 Å². The van der Waals surface area contributed by atoms with Gasteiger partial charge < -0.3 is 5.32 Å². The third kappa shape index (κ3) is 3.85. The van der Waals surface area contributed by atoms with Crippen molar-refractivity contribution in [2.75, 3.05) is 26.7 Å². The van der Waals surface area contributed by atoms with Gasteiger partial charge in [-0.05, 0) is 37.9 Å². The van der Waals surface area contributed by atoms with Gasteiger partial charge in [0.15, 0.2) is 0 Å². The summed E-state index contributed by atoms with van der Waals surface area (Å²) in [6.07, 6.45) is 5.06. The van der Waals surface area contributed by atoms with Crippen LogP contribution in [0.4, 0.5) is 0 Å². The highest BCUT2D eigenvalue weighted by Gasteiger charge is 2.30. The average Bonchev–Trinajstić information content (AvgIpc) is 3.06. The van der Waals surface area contributed by atoms with Crippen molar-refractivity contribution in [3.05, 3.63) is 48.3 Å². The van der Waals surface area contributed by atoms with E-state index in [1.54, 1.807) is 15.2 Å². The molecule has 24 heavy (non-hydrogen) atoms. The number of piperidine rings is 1. The van der Waals surface area contributed by atoms with Crippen LogP contribution in [0.5, 0.6) is 0 Å². The lowest BCUT2D eigenvalue weighted by atomic mass is 10.00. The van der Waals surface area contributed by atoms with Crippen LogP contribution in [0.3, 0.4) is 0 Å². The van der Waals surface area contributed by atoms with Crippen LogP contribution in [-0.4, -0.2) is 49.2 Å². The zero-order valence-electron chi connectivity index (χ0n) is 13.9. The zero-order valence-corrected chi connectivity index (χ0v) is 14.7. The Morgan fingerprint density at radius 3 is 2.83 bits per heavy atom. The molecule has 2 aromatic rings. The molecular weight excluding hydrogens is 324 g/mol. The Hall–Kier alpha value is -1.70. The number of nitrogens with zero attached hydrogens (tertiary/aromatic N) is 3. The molecule has 1 atom stereocenters. The summed E-state index contributed by atoms with van der Waals surface area (Å²) >= 11 is 0. The molecule has 0 radical (unpaired) electrons. The number of nitrogens with one attached hydrogen (secondary N) is 1. The van der Waals surface area contributed by atoms with Crippen molar-refractivity contribution in [1.29, 1.82) is 0 Å². The second-order valence-corrected chi connectivity index (χ2v) is 8.23. The first-order valence-electron chi connectivity index (χ1n) is 8.30. The lowest BCUT2D eigenvalue weighted by molar-refractivity contribution is 0.263. The lowest BCUT2D eigenvalue weighted by Crippen LogP contribution is -2.42. The van der Waals surface area contributed by atoms with Crippen molar-refractivity contribution in [3.8, 4) is 0 Å². The van der Waals surface area contributed by atoms with Gasteiger partial charge in [-0.2, -0.15) is 9.40 Å². The summed E-state index contributed by atoms with van der Waals surface area (Å²) in [5.41, 5.74) is 1.09. The molecule has 2 heterocycles. The molecule has 1 unspecified atom stereocenters. The second kappa shape index (κ2) is 7.46. The predicted octanol–water partition coefficient (Wildman–Crippen LogP) is 1.55. The fraction of sp³-hybridized carbons (Fsp3) is 0.471. The van der Waals surface area contributed by atoms with E-state index in [0.29, 0.717) is 25.6 Å². The van der Waals surface area contributed by atoms with Gasteiger partial charge in [0.25, 0.3) is 0 Å². The fourth-order valence-electron chi connectivity index (χ4n) is 3.18. The molecule has 1 fully saturated rings. The van der Waals surface area contributed by atoms with Gasteiger partial charge in [0, 0.05) is 19.3 Å². The van der Waals surface area contributed by atoms with Crippen molar-refractivity contribution in [2.24, 2.45) is 5.92 Å². The lowest BCUT2D eigenvalue weighted by Gasteiger charge is -2.31. The van der Waals surface area contributed by atoms with Crippen LogP contribution in [0, 0.1) is 5.92 Å². The van der Waals surface area contributed by atoms with Crippen LogP contribution in [0.2, 0.25) is 0 Å². The number of hydrogen-bond donors (Lipinski definition) is 1. The smallest absolute Gasteiger partial charge is 0.246 e. The Morgan fingerprint density at radius 1 is 1.29 bits per heavy atom. The topological polar surface area (TPSA) is 67.2 Å². The van der Waals surface area contributed by atoms with E-state index < -0.39 is 10.0 Å². The van der Waals surface area contributed by atoms with Crippen LogP contribution in [0.15, 0.2) is 47.6 Å². The summed E-state index contributed by atoms with van der Waals surface area (Å²) in [7, 11) is -1.56. The van der Waals surface area contributed by atoms with Gasteiger partial charge in [-0.25, -0.2) is 8.42 Å². The average molecular weight is 348 g/mol. The molecule has 6 nitrogen and oxygen atoms in total. The van der Waals surface area contributed by atoms with Crippen molar-refractivity contribution in [2.45, 2.75) is 24.3 Å². The number of aromatic nitrogens is 2. The maximum Gasteiger partial charge on any atom is 0.246 e. The minimum absolute atomic E-state index is 0.281. The molecule has 1 saturated heterocycles. The second-order valence-electron chi connectivity index (χ2n) is 6.29. The van der Waals surface area contributed by atoms with Gasteiger partial charge >= 0.3 is 0 Å². The summed E-state index contributed by atoms with van der Waals surface area (Å²) in [6, 6.07) is 9.89. The fourth-order valence-corrected chi connectivity index (χ4v) is 4.69. The first-order chi connectivity index (χ1) is 11.6. The van der Waals surface area contributed by atoms with E-state index in [-0.39, 0.29) is 4.90 Å². The number of rotatable bonds is 6. The highest BCUT2D eigenvalue weighted by Crippen LogP contribution is 2.23. The first-order valence-corrected chi connectivity index (χ1v) is 9.75. The van der Waals surface area contributed by atoms with E-state index in [2.05, 4.69) is 10.4 Å². The monoisotopic (exact) mass is 348 g/mol. The normalized spacial score (nSPS) is 19.5. The Morgan fingerprint density at radius 2 is 2.08 bits per heavy atom. The van der Waals surface area contributed by atoms with Crippen LogP contribution >= 0.6 is 0 Å². The van der Waals surface area contributed by atoms with E-state index in [0.717, 1.165) is 24.9 Å². The molecule has 1 aromatic carbocycles. The van der Waals surface area contributed by atoms with Crippen molar-refractivity contribution in [3.63, 3.8) is 0 Å². The summed E-state index contributed by atoms with van der Waals surface area (Å²) in [6.45, 7) is 2.58. The van der Waals surface area contributed by atoms with Gasteiger partial charge in [-0.1, -0.05) is 30.3 Å². The molecule has 1 aliphatic rings. The van der Waals surface area contributed by atoms with Gasteiger partial charge in [0.1, 0.15) is 4.90 Å². The third-order valence-corrected chi connectivity index (χ3v) is 6.23. The van der Waals surface area contributed by atoms with E-state index >= 15 is 0 Å². The molecular formula is C17H24N4O2S. The molecule has 1 N–H and O–H groups in total. The minimum Gasteiger partial charge on any atom is -0.319 e. The number of sulfonamides is 1. The predicted molar refractivity (Wildman–Crippen MR) is 93.2 cm³/mol. The summed E-state index contributed by atoms with van der Waals surface area (Å²) < 4.78 is 29.0. The Labute approximate surface area is 143 Å². The summed E-state index contributed by atoms with van der Waals surface area (Å²) in [4.78, 5) is 0.281. The molecule has 1 aromatic heterocycles. The quantitative estimate of drug-likeness (QED) is 0.860. The first kappa shape index (κ1) is 17.1. The largest absolute Gasteiger partial charge is 0.319 e. The minimum atomic E-state index is -3.46. The zero-order chi connectivity index (χ0) is 17.0. The Balaban J connectivity index is 1.73. The maximum atomic E-state index is 12.9. The number of benzene rings is 1. The van der Waals surface area contributed by atoms with E-state index in [9.17, 15) is 8.42 Å². The molecule has 0 amide bonds. The van der Waals surface area contributed by atoms with Crippen LogP contribution < -0.4 is 5.32 Å². The van der Waals surface area contributed by atoms with Crippen molar-refractivity contribution < 1.29 is 8.42 Å². The SMILES string of the molecule is CNCC1CCCN(S(=O)(=O)c2cnn(Cc3ccccc3)c2)C1. The van der Waals surface area contributed by atoms with Crippen LogP contribution in [0.1, 0.15) is 18.4 Å². The highest BCUT2D eigenvalue weighted by atomic mass is 32.2. The molecule has 0 aliphatic carbocycles. The molecule has 1 aliphatic heterocycles. The van der Waals surface area contributed by atoms with Crippen molar-refractivity contribution >= 4 is 10.0 Å². The molecule has 7 heteroatoms. The third-order valence-electron chi connectivity index (χ3n) is 4.41. The molecule has 3 rings (SSSR count). The Kier molecular flexibility index (Phi) is 5.33. The molecule has 0 spiro atoms. The van der Waals surface area contributed by atoms with E-state index in [1.807, 2.05) is 37.4 Å². The van der Waals surface area contributed by atoms with E-state index in [1.165, 1.54) is 6.20 Å². The van der Waals surface area contributed by atoms with Crippen molar-refractivity contribution in [1.82, 2.24) is 19.4 Å². The van der Waals surface area contributed by atoms with Gasteiger partial charge in [0.05, 0.1) is 12.7 Å². The summed E-state index contributed by atoms with van der Waals surface area (Å²) in [5, 5.41) is 7.37. The standard InChI is InChI=1S/C17H24N4O2S/c1-18-10-16-8-5-9-21(13-16)24(22,23)17-11-19-20(14-17)12-15-6-3-2-4-7-15/h2-4,6-7,11,14,16,18H,5,8-10,12-13H2,1H3. The van der Waals surface area contributed by atoms with Gasteiger partial charge in [-0.15, -0.1) is 0 Å². The molecule has 0 saturated carbocycles. The van der Waals surface area contributed by atoms with Crippen LogP contribution in [-0.2, 0) is 16.6 Å². The molecule has 130 valence electrons. The van der Waals surface area contributed by atoms with E-state index in [4.69, 9.17) is 0 Å². The van der Waals surface area contributed by atoms with Gasteiger partial charge in [0.2, 0.25) is 10.0 Å². The maximum absolute atomic E-state index is 12.9. The number of hydrogen-bond acceptors (Lipinski definition) is 4. The van der Waals surface area contributed by atoms with Crippen LogP contribution in [0.25, 0.3) is 0 Å². The molecule has 0 bridgehead atoms. The highest BCUT2D eigenvalue weighted by molar-refractivity contribution is 7.89. The summed E-state index contributed by atoms with van der Waals surface area (Å²) in [5.74, 6) is 0.373.